The lowest BCUT2D eigenvalue weighted by atomic mass is 10.1. The number of aromatic nitrogens is 2. The van der Waals surface area contributed by atoms with Gasteiger partial charge in [-0.1, -0.05) is 48.0 Å². The number of H-pyrrole nitrogens is 1. The first-order chi connectivity index (χ1) is 10.7. The van der Waals surface area contributed by atoms with Crippen molar-refractivity contribution in [2.75, 3.05) is 7.11 Å². The number of benzene rings is 2. The SMILES string of the molecule is COc1ccccc1Cc1nc(-c2ccc(C)cc2)[nH]c1C. The normalized spacial score (nSPS) is 10.7. The van der Waals surface area contributed by atoms with Gasteiger partial charge < -0.3 is 9.72 Å². The van der Waals surface area contributed by atoms with Gasteiger partial charge in [-0.2, -0.15) is 0 Å². The zero-order valence-corrected chi connectivity index (χ0v) is 13.2. The van der Waals surface area contributed by atoms with E-state index in [-0.39, 0.29) is 0 Å². The van der Waals surface area contributed by atoms with E-state index in [0.29, 0.717) is 0 Å². The summed E-state index contributed by atoms with van der Waals surface area (Å²) in [6.07, 6.45) is 0.762. The second-order valence-electron chi connectivity index (χ2n) is 5.51. The van der Waals surface area contributed by atoms with Crippen LogP contribution in [0.4, 0.5) is 0 Å². The highest BCUT2D eigenvalue weighted by molar-refractivity contribution is 5.56. The molecule has 1 heterocycles. The molecule has 0 spiro atoms. The van der Waals surface area contributed by atoms with E-state index < -0.39 is 0 Å². The Hall–Kier alpha value is -2.55. The van der Waals surface area contributed by atoms with Crippen LogP contribution in [0, 0.1) is 13.8 Å². The molecular formula is C19H20N2O. The lowest BCUT2D eigenvalue weighted by Crippen LogP contribution is -1.95. The van der Waals surface area contributed by atoms with E-state index in [1.807, 2.05) is 18.2 Å². The number of hydrogen-bond donors (Lipinski definition) is 1. The first-order valence-corrected chi connectivity index (χ1v) is 7.42. The Balaban J connectivity index is 1.91. The Morgan fingerprint density at radius 3 is 2.45 bits per heavy atom. The molecule has 0 aliphatic rings. The van der Waals surface area contributed by atoms with Crippen molar-refractivity contribution in [1.29, 1.82) is 0 Å². The molecule has 3 nitrogen and oxygen atoms in total. The van der Waals surface area contributed by atoms with Crippen LogP contribution in [-0.2, 0) is 6.42 Å². The van der Waals surface area contributed by atoms with Crippen molar-refractivity contribution < 1.29 is 4.74 Å². The summed E-state index contributed by atoms with van der Waals surface area (Å²) < 4.78 is 5.42. The maximum absolute atomic E-state index is 5.42. The fourth-order valence-electron chi connectivity index (χ4n) is 2.55. The van der Waals surface area contributed by atoms with Gasteiger partial charge in [-0.3, -0.25) is 0 Å². The third kappa shape index (κ3) is 2.89. The fraction of sp³-hybridized carbons (Fsp3) is 0.211. The number of aryl methyl sites for hydroxylation is 2. The van der Waals surface area contributed by atoms with Gasteiger partial charge in [0.05, 0.1) is 12.8 Å². The van der Waals surface area contributed by atoms with Crippen LogP contribution in [0.2, 0.25) is 0 Å². The Kier molecular flexibility index (Phi) is 3.96. The predicted molar refractivity (Wildman–Crippen MR) is 89.3 cm³/mol. The van der Waals surface area contributed by atoms with Crippen molar-refractivity contribution in [3.05, 3.63) is 71.0 Å². The molecule has 3 aromatic rings. The molecule has 1 N–H and O–H groups in total. The molecule has 0 aliphatic heterocycles. The van der Waals surface area contributed by atoms with Gasteiger partial charge in [0.2, 0.25) is 0 Å². The molecular weight excluding hydrogens is 272 g/mol. The van der Waals surface area contributed by atoms with Crippen molar-refractivity contribution in [2.45, 2.75) is 20.3 Å². The zero-order valence-electron chi connectivity index (χ0n) is 13.2. The summed E-state index contributed by atoms with van der Waals surface area (Å²) in [5.41, 5.74) is 5.66. The molecule has 0 atom stereocenters. The number of para-hydroxylation sites is 1. The highest BCUT2D eigenvalue weighted by Crippen LogP contribution is 2.24. The Morgan fingerprint density at radius 2 is 1.73 bits per heavy atom. The standard InChI is InChI=1S/C19H20N2O/c1-13-8-10-15(11-9-13)19-20-14(2)17(21-19)12-16-6-4-5-7-18(16)22-3/h4-11H,12H2,1-3H3,(H,20,21). The molecule has 0 saturated carbocycles. The van der Waals surface area contributed by atoms with Crippen molar-refractivity contribution in [1.82, 2.24) is 9.97 Å². The fourth-order valence-corrected chi connectivity index (χ4v) is 2.55. The van der Waals surface area contributed by atoms with Crippen LogP contribution in [0.25, 0.3) is 11.4 Å². The maximum atomic E-state index is 5.42. The van der Waals surface area contributed by atoms with Crippen LogP contribution in [0.15, 0.2) is 48.5 Å². The summed E-state index contributed by atoms with van der Waals surface area (Å²) in [5, 5.41) is 0. The van der Waals surface area contributed by atoms with Gasteiger partial charge in [0.15, 0.2) is 0 Å². The van der Waals surface area contributed by atoms with Gasteiger partial charge >= 0.3 is 0 Å². The van der Waals surface area contributed by atoms with E-state index in [2.05, 4.69) is 49.2 Å². The van der Waals surface area contributed by atoms with E-state index in [9.17, 15) is 0 Å². The molecule has 22 heavy (non-hydrogen) atoms. The van der Waals surface area contributed by atoms with Crippen molar-refractivity contribution in [3.8, 4) is 17.1 Å². The number of aromatic amines is 1. The number of hydrogen-bond acceptors (Lipinski definition) is 2. The van der Waals surface area contributed by atoms with Gasteiger partial charge in [0, 0.05) is 23.2 Å². The molecule has 0 saturated heterocycles. The first kappa shape index (κ1) is 14.4. The molecule has 1 aromatic heterocycles. The molecule has 112 valence electrons. The van der Waals surface area contributed by atoms with Gasteiger partial charge in [0.1, 0.15) is 11.6 Å². The number of ether oxygens (including phenoxy) is 1. The molecule has 3 rings (SSSR count). The molecule has 0 aliphatic carbocycles. The monoisotopic (exact) mass is 292 g/mol. The van der Waals surface area contributed by atoms with Crippen LogP contribution >= 0.6 is 0 Å². The topological polar surface area (TPSA) is 37.9 Å². The first-order valence-electron chi connectivity index (χ1n) is 7.42. The van der Waals surface area contributed by atoms with Gasteiger partial charge in [0.25, 0.3) is 0 Å². The van der Waals surface area contributed by atoms with E-state index in [1.54, 1.807) is 7.11 Å². The molecule has 0 amide bonds. The molecule has 2 aromatic carbocycles. The highest BCUT2D eigenvalue weighted by Gasteiger charge is 2.11. The predicted octanol–water partition coefficient (Wildman–Crippen LogP) is 4.29. The third-order valence-corrected chi connectivity index (χ3v) is 3.86. The minimum atomic E-state index is 0.762. The number of nitrogens with one attached hydrogen (secondary N) is 1. The van der Waals surface area contributed by atoms with E-state index in [0.717, 1.165) is 40.5 Å². The van der Waals surface area contributed by atoms with Crippen LogP contribution in [0.3, 0.4) is 0 Å². The third-order valence-electron chi connectivity index (χ3n) is 3.86. The summed E-state index contributed by atoms with van der Waals surface area (Å²) >= 11 is 0. The maximum Gasteiger partial charge on any atom is 0.137 e. The second kappa shape index (κ2) is 6.06. The summed E-state index contributed by atoms with van der Waals surface area (Å²) in [4.78, 5) is 8.16. The quantitative estimate of drug-likeness (QED) is 0.779. The van der Waals surface area contributed by atoms with E-state index >= 15 is 0 Å². The average molecular weight is 292 g/mol. The molecule has 0 fully saturated rings. The van der Waals surface area contributed by atoms with Gasteiger partial charge in [-0.05, 0) is 19.9 Å². The second-order valence-corrected chi connectivity index (χ2v) is 5.51. The van der Waals surface area contributed by atoms with Crippen molar-refractivity contribution in [2.24, 2.45) is 0 Å². The van der Waals surface area contributed by atoms with Crippen molar-refractivity contribution in [3.63, 3.8) is 0 Å². The zero-order chi connectivity index (χ0) is 15.5. The lowest BCUT2D eigenvalue weighted by Gasteiger charge is -2.06. The van der Waals surface area contributed by atoms with Crippen LogP contribution in [-0.4, -0.2) is 17.1 Å². The minimum absolute atomic E-state index is 0.762. The Bertz CT molecular complexity index is 772. The van der Waals surface area contributed by atoms with Crippen molar-refractivity contribution >= 4 is 0 Å². The molecule has 0 radical (unpaired) electrons. The smallest absolute Gasteiger partial charge is 0.137 e. The largest absolute Gasteiger partial charge is 0.496 e. The van der Waals surface area contributed by atoms with Gasteiger partial charge in [-0.25, -0.2) is 4.98 Å². The van der Waals surface area contributed by atoms with Crippen LogP contribution in [0.1, 0.15) is 22.5 Å². The summed E-state index contributed by atoms with van der Waals surface area (Å²) in [6.45, 7) is 4.15. The number of methoxy groups -OCH3 is 1. The average Bonchev–Trinajstić information content (AvgIpc) is 2.89. The van der Waals surface area contributed by atoms with Crippen LogP contribution < -0.4 is 4.74 Å². The van der Waals surface area contributed by atoms with Gasteiger partial charge in [-0.15, -0.1) is 0 Å². The number of rotatable bonds is 4. The molecule has 3 heteroatoms. The minimum Gasteiger partial charge on any atom is -0.496 e. The van der Waals surface area contributed by atoms with E-state index in [1.165, 1.54) is 5.56 Å². The molecule has 0 unspecified atom stereocenters. The van der Waals surface area contributed by atoms with Crippen LogP contribution in [0.5, 0.6) is 5.75 Å². The Labute approximate surface area is 131 Å². The lowest BCUT2D eigenvalue weighted by molar-refractivity contribution is 0.410. The summed E-state index contributed by atoms with van der Waals surface area (Å²) in [6, 6.07) is 16.5. The van der Waals surface area contributed by atoms with E-state index in [4.69, 9.17) is 9.72 Å². The number of nitrogens with zero attached hydrogens (tertiary/aromatic N) is 1. The summed E-state index contributed by atoms with van der Waals surface area (Å²) in [5.74, 6) is 1.82. The highest BCUT2D eigenvalue weighted by atomic mass is 16.5. The number of imidazole rings is 1. The molecule has 0 bridgehead atoms. The summed E-state index contributed by atoms with van der Waals surface area (Å²) in [7, 11) is 1.70. The Morgan fingerprint density at radius 1 is 1.00 bits per heavy atom.